The Morgan fingerprint density at radius 3 is 2.60 bits per heavy atom. The number of nitrogens with zero attached hydrogens (tertiary/aromatic N) is 1. The molecular weight excluding hydrogens is 190 g/mol. The summed E-state index contributed by atoms with van der Waals surface area (Å²) in [5, 5.41) is 9.84. The molecule has 0 aliphatic heterocycles. The van der Waals surface area contributed by atoms with Gasteiger partial charge in [0.15, 0.2) is 0 Å². The molecule has 0 saturated carbocycles. The number of rotatable bonds is 3. The SMILES string of the molecule is CCC(C)n1cccc(C(C)(C)O)c1=O. The van der Waals surface area contributed by atoms with Crippen molar-refractivity contribution in [3.8, 4) is 0 Å². The smallest absolute Gasteiger partial charge is 0.256 e. The van der Waals surface area contributed by atoms with Crippen molar-refractivity contribution in [1.29, 1.82) is 0 Å². The van der Waals surface area contributed by atoms with Gasteiger partial charge in [-0.2, -0.15) is 0 Å². The molecule has 1 aromatic heterocycles. The van der Waals surface area contributed by atoms with E-state index in [1.807, 2.05) is 13.8 Å². The van der Waals surface area contributed by atoms with Gasteiger partial charge in [0.2, 0.25) is 0 Å². The predicted octanol–water partition coefficient (Wildman–Crippen LogP) is 2.05. The third kappa shape index (κ3) is 2.48. The number of hydrogen-bond acceptors (Lipinski definition) is 2. The highest BCUT2D eigenvalue weighted by molar-refractivity contribution is 5.17. The highest BCUT2D eigenvalue weighted by atomic mass is 16.3. The van der Waals surface area contributed by atoms with Crippen molar-refractivity contribution in [3.05, 3.63) is 34.2 Å². The molecule has 0 bridgehead atoms. The van der Waals surface area contributed by atoms with Crippen molar-refractivity contribution >= 4 is 0 Å². The molecule has 1 aromatic rings. The summed E-state index contributed by atoms with van der Waals surface area (Å²) in [6.45, 7) is 7.29. The lowest BCUT2D eigenvalue weighted by Gasteiger charge is -2.20. The average molecular weight is 209 g/mol. The van der Waals surface area contributed by atoms with Gasteiger partial charge in [0.25, 0.3) is 5.56 Å². The highest BCUT2D eigenvalue weighted by Crippen LogP contribution is 2.16. The van der Waals surface area contributed by atoms with Gasteiger partial charge in [0.1, 0.15) is 0 Å². The van der Waals surface area contributed by atoms with Crippen LogP contribution in [0.25, 0.3) is 0 Å². The molecule has 0 radical (unpaired) electrons. The Morgan fingerprint density at radius 1 is 1.53 bits per heavy atom. The van der Waals surface area contributed by atoms with Gasteiger partial charge in [-0.05, 0) is 39.3 Å². The van der Waals surface area contributed by atoms with E-state index in [0.717, 1.165) is 6.42 Å². The molecule has 0 aliphatic rings. The minimum atomic E-state index is -1.08. The van der Waals surface area contributed by atoms with Crippen LogP contribution in [-0.2, 0) is 5.60 Å². The fourth-order valence-electron chi connectivity index (χ4n) is 1.52. The first-order valence-electron chi connectivity index (χ1n) is 5.32. The second-order valence-corrected chi connectivity index (χ2v) is 4.45. The monoisotopic (exact) mass is 209 g/mol. The van der Waals surface area contributed by atoms with E-state index in [1.54, 1.807) is 36.7 Å². The molecule has 84 valence electrons. The van der Waals surface area contributed by atoms with Crippen LogP contribution < -0.4 is 5.56 Å². The molecule has 0 fully saturated rings. The third-order valence-electron chi connectivity index (χ3n) is 2.70. The van der Waals surface area contributed by atoms with Gasteiger partial charge in [-0.25, -0.2) is 0 Å². The van der Waals surface area contributed by atoms with Crippen LogP contribution >= 0.6 is 0 Å². The minimum absolute atomic E-state index is 0.0978. The Hall–Kier alpha value is -1.09. The number of pyridine rings is 1. The lowest BCUT2D eigenvalue weighted by Crippen LogP contribution is -2.32. The zero-order valence-corrected chi connectivity index (χ0v) is 9.82. The van der Waals surface area contributed by atoms with E-state index in [4.69, 9.17) is 0 Å². The Bertz CT molecular complexity index is 387. The first-order valence-corrected chi connectivity index (χ1v) is 5.32. The molecule has 3 heteroatoms. The van der Waals surface area contributed by atoms with Crippen LogP contribution in [0.1, 0.15) is 45.7 Å². The molecular formula is C12H19NO2. The van der Waals surface area contributed by atoms with Gasteiger partial charge in [0.05, 0.1) is 5.60 Å². The summed E-state index contributed by atoms with van der Waals surface area (Å²) < 4.78 is 1.67. The molecule has 0 aromatic carbocycles. The number of aliphatic hydroxyl groups is 1. The first-order chi connectivity index (χ1) is 6.88. The van der Waals surface area contributed by atoms with E-state index in [2.05, 4.69) is 0 Å². The van der Waals surface area contributed by atoms with E-state index in [-0.39, 0.29) is 11.6 Å². The second kappa shape index (κ2) is 4.19. The van der Waals surface area contributed by atoms with Gasteiger partial charge < -0.3 is 9.67 Å². The lowest BCUT2D eigenvalue weighted by atomic mass is 10.00. The van der Waals surface area contributed by atoms with Gasteiger partial charge in [-0.15, -0.1) is 0 Å². The summed E-state index contributed by atoms with van der Waals surface area (Å²) in [6, 6.07) is 3.65. The van der Waals surface area contributed by atoms with Gasteiger partial charge in [-0.1, -0.05) is 6.92 Å². The summed E-state index contributed by atoms with van der Waals surface area (Å²) in [5.41, 5.74) is -0.724. The van der Waals surface area contributed by atoms with Crippen molar-refractivity contribution in [1.82, 2.24) is 4.57 Å². The van der Waals surface area contributed by atoms with Crippen LogP contribution in [-0.4, -0.2) is 9.67 Å². The Kier molecular flexibility index (Phi) is 3.35. The van der Waals surface area contributed by atoms with Crippen LogP contribution in [0.15, 0.2) is 23.1 Å². The maximum Gasteiger partial charge on any atom is 0.256 e. The largest absolute Gasteiger partial charge is 0.386 e. The third-order valence-corrected chi connectivity index (χ3v) is 2.70. The molecule has 0 aliphatic carbocycles. The molecule has 0 amide bonds. The highest BCUT2D eigenvalue weighted by Gasteiger charge is 2.21. The maximum absolute atomic E-state index is 12.0. The Morgan fingerprint density at radius 2 is 2.13 bits per heavy atom. The van der Waals surface area contributed by atoms with E-state index in [0.29, 0.717) is 5.56 Å². The van der Waals surface area contributed by atoms with Crippen molar-refractivity contribution in [2.75, 3.05) is 0 Å². The topological polar surface area (TPSA) is 42.2 Å². The number of aromatic nitrogens is 1. The molecule has 1 N–H and O–H groups in total. The quantitative estimate of drug-likeness (QED) is 0.827. The molecule has 1 rings (SSSR count). The molecule has 1 unspecified atom stereocenters. The van der Waals surface area contributed by atoms with Crippen LogP contribution in [0.3, 0.4) is 0 Å². The zero-order valence-electron chi connectivity index (χ0n) is 9.82. The standard InChI is InChI=1S/C12H19NO2/c1-5-9(2)13-8-6-7-10(11(13)14)12(3,4)15/h6-9,15H,5H2,1-4H3. The summed E-state index contributed by atoms with van der Waals surface area (Å²) in [5.74, 6) is 0. The van der Waals surface area contributed by atoms with Crippen LogP contribution in [0.4, 0.5) is 0 Å². The summed E-state index contributed by atoms with van der Waals surface area (Å²) in [6.07, 6.45) is 2.67. The van der Waals surface area contributed by atoms with Gasteiger partial charge in [0, 0.05) is 17.8 Å². The Labute approximate surface area is 90.4 Å². The maximum atomic E-state index is 12.0. The predicted molar refractivity (Wildman–Crippen MR) is 60.9 cm³/mol. The van der Waals surface area contributed by atoms with E-state index in [1.165, 1.54) is 0 Å². The zero-order chi connectivity index (χ0) is 11.6. The van der Waals surface area contributed by atoms with Gasteiger partial charge in [-0.3, -0.25) is 4.79 Å². The first kappa shape index (κ1) is 12.0. The van der Waals surface area contributed by atoms with E-state index >= 15 is 0 Å². The summed E-state index contributed by atoms with van der Waals surface area (Å²) in [4.78, 5) is 12.0. The summed E-state index contributed by atoms with van der Waals surface area (Å²) >= 11 is 0. The van der Waals surface area contributed by atoms with Crippen molar-refractivity contribution < 1.29 is 5.11 Å². The molecule has 1 heterocycles. The average Bonchev–Trinajstić information content (AvgIpc) is 2.15. The molecule has 0 saturated heterocycles. The van der Waals surface area contributed by atoms with E-state index in [9.17, 15) is 9.90 Å². The lowest BCUT2D eigenvalue weighted by molar-refractivity contribution is 0.0763. The number of hydrogen-bond donors (Lipinski definition) is 1. The fourth-order valence-corrected chi connectivity index (χ4v) is 1.52. The summed E-state index contributed by atoms with van der Waals surface area (Å²) in [7, 11) is 0. The van der Waals surface area contributed by atoms with Gasteiger partial charge >= 0.3 is 0 Å². The molecule has 3 nitrogen and oxygen atoms in total. The van der Waals surface area contributed by atoms with Crippen LogP contribution in [0.2, 0.25) is 0 Å². The minimum Gasteiger partial charge on any atom is -0.386 e. The van der Waals surface area contributed by atoms with Crippen molar-refractivity contribution in [2.45, 2.75) is 45.8 Å². The van der Waals surface area contributed by atoms with E-state index < -0.39 is 5.60 Å². The van der Waals surface area contributed by atoms with Crippen molar-refractivity contribution in [2.24, 2.45) is 0 Å². The molecule has 0 spiro atoms. The Balaban J connectivity index is 3.30. The molecule has 1 atom stereocenters. The van der Waals surface area contributed by atoms with Crippen molar-refractivity contribution in [3.63, 3.8) is 0 Å². The second-order valence-electron chi connectivity index (χ2n) is 4.45. The molecule has 15 heavy (non-hydrogen) atoms. The fraction of sp³-hybridized carbons (Fsp3) is 0.583. The van der Waals surface area contributed by atoms with Crippen LogP contribution in [0, 0.1) is 0 Å². The van der Waals surface area contributed by atoms with Crippen LogP contribution in [0.5, 0.6) is 0 Å². The normalized spacial score (nSPS) is 13.9.